The smallest absolute Gasteiger partial charge is 0.315 e. The van der Waals surface area contributed by atoms with Gasteiger partial charge in [-0.1, -0.05) is 72.9 Å². The van der Waals surface area contributed by atoms with Gasteiger partial charge in [0, 0.05) is 45.8 Å². The van der Waals surface area contributed by atoms with Gasteiger partial charge in [0.15, 0.2) is 5.78 Å². The van der Waals surface area contributed by atoms with Crippen LogP contribution in [0.15, 0.2) is 60.7 Å². The molecule has 0 fully saturated rings. The number of carbonyl (C=O) groups excluding carboxylic acids is 7. The standard InChI is InChI=1S/C37H50N8O9S/c1-26(46)43-32(23-28-10-6-3-7-11-28)36(51)44-30(13-12-29(47)24-38)35(50)45-31(22-27-8-4-2-5-9-27)34(49)42-25-33(48)39-14-17-53-19-20-54-18-15-40-37(52)41-16-21-55/h2-11,21,24,30-32,38H,12-20,22-23,25H2,1H3,(H,39,48)(H,42,49)(H,43,46)(H,44,51)(H,45,50)(H2,40,41,52)/t30-,31-,32-/m0/s1. The number of thiocarbonyl (C=S) groups is 1. The first-order valence-corrected chi connectivity index (χ1v) is 18.1. The summed E-state index contributed by atoms with van der Waals surface area (Å²) in [6, 6.07) is 13.9. The molecule has 18 heteroatoms. The van der Waals surface area contributed by atoms with E-state index in [2.05, 4.69) is 49.4 Å². The van der Waals surface area contributed by atoms with Crippen LogP contribution in [0.1, 0.15) is 30.9 Å². The molecule has 2 aromatic rings. The predicted molar refractivity (Wildman–Crippen MR) is 207 cm³/mol. The molecule has 0 saturated carbocycles. The van der Waals surface area contributed by atoms with Gasteiger partial charge in [0.1, 0.15) is 18.1 Å². The first-order valence-electron chi connectivity index (χ1n) is 17.7. The number of nitrogens with one attached hydrogen (secondary N) is 8. The van der Waals surface area contributed by atoms with E-state index in [1.165, 1.54) is 12.3 Å². The van der Waals surface area contributed by atoms with Gasteiger partial charge in [0.05, 0.1) is 39.2 Å². The lowest BCUT2D eigenvalue weighted by Gasteiger charge is -2.25. The summed E-state index contributed by atoms with van der Waals surface area (Å²) >= 11 is 4.63. The fraction of sp³-hybridized carbons (Fsp3) is 0.432. The van der Waals surface area contributed by atoms with Crippen molar-refractivity contribution in [3.05, 3.63) is 71.8 Å². The van der Waals surface area contributed by atoms with Crippen LogP contribution in [0, 0.1) is 5.41 Å². The average molecular weight is 783 g/mol. The summed E-state index contributed by atoms with van der Waals surface area (Å²) in [5, 5.41) is 26.8. The molecule has 17 nitrogen and oxygen atoms in total. The summed E-state index contributed by atoms with van der Waals surface area (Å²) in [4.78, 5) is 88.4. The van der Waals surface area contributed by atoms with E-state index in [4.69, 9.17) is 14.9 Å². The van der Waals surface area contributed by atoms with Crippen LogP contribution < -0.4 is 37.2 Å². The van der Waals surface area contributed by atoms with Crippen molar-refractivity contribution in [2.75, 3.05) is 52.6 Å². The number of hydrogen-bond acceptors (Lipinski definition) is 11. The summed E-state index contributed by atoms with van der Waals surface area (Å²) in [5.74, 6) is -3.69. The molecule has 3 atom stereocenters. The Morgan fingerprint density at radius 3 is 1.75 bits per heavy atom. The lowest BCUT2D eigenvalue weighted by atomic mass is 10.0. The molecule has 0 aliphatic heterocycles. The molecule has 2 aromatic carbocycles. The molecular weight excluding hydrogens is 733 g/mol. The zero-order chi connectivity index (χ0) is 40.3. The minimum Gasteiger partial charge on any atom is -0.377 e. The van der Waals surface area contributed by atoms with Crippen LogP contribution in [0.2, 0.25) is 0 Å². The van der Waals surface area contributed by atoms with Crippen LogP contribution >= 0.6 is 12.2 Å². The van der Waals surface area contributed by atoms with Gasteiger partial charge in [0.2, 0.25) is 29.5 Å². The number of ether oxygens (including phenoxy) is 2. The highest BCUT2D eigenvalue weighted by Gasteiger charge is 2.30. The SMILES string of the molecule is CC(=O)N[C@@H](Cc1ccccc1)C(=O)N[C@@H](CCC(=O)C=N)C(=O)N[C@@H](Cc1ccccc1)C(=O)NCC(=O)NCCOCCOCCNC(=O)NCC=S. The van der Waals surface area contributed by atoms with E-state index in [0.29, 0.717) is 18.3 Å². The number of benzene rings is 2. The molecule has 8 N–H and O–H groups in total. The normalized spacial score (nSPS) is 12.1. The number of rotatable bonds is 27. The summed E-state index contributed by atoms with van der Waals surface area (Å²) in [5.41, 5.74) is 1.45. The molecule has 7 amide bonds. The summed E-state index contributed by atoms with van der Waals surface area (Å²) < 4.78 is 10.8. The maximum atomic E-state index is 13.7. The highest BCUT2D eigenvalue weighted by atomic mass is 32.1. The Morgan fingerprint density at radius 2 is 1.20 bits per heavy atom. The molecule has 2 rings (SSSR count). The third-order valence-corrected chi connectivity index (χ3v) is 7.77. The minimum atomic E-state index is -1.31. The first kappa shape index (κ1) is 45.6. The van der Waals surface area contributed by atoms with Gasteiger partial charge < -0.3 is 52.1 Å². The van der Waals surface area contributed by atoms with Gasteiger partial charge in [-0.2, -0.15) is 0 Å². The molecule has 0 radical (unpaired) electrons. The van der Waals surface area contributed by atoms with E-state index >= 15 is 0 Å². The summed E-state index contributed by atoms with van der Waals surface area (Å²) in [7, 11) is 0. The second-order valence-corrected chi connectivity index (χ2v) is 12.3. The fourth-order valence-corrected chi connectivity index (χ4v) is 4.99. The zero-order valence-electron chi connectivity index (χ0n) is 30.7. The Balaban J connectivity index is 1.96. The Bertz CT molecular complexity index is 1570. The van der Waals surface area contributed by atoms with Crippen LogP contribution in [-0.2, 0) is 51.1 Å². The number of carbonyl (C=O) groups is 7. The second-order valence-electron chi connectivity index (χ2n) is 12.0. The van der Waals surface area contributed by atoms with Gasteiger partial charge in [-0.25, -0.2) is 4.79 Å². The van der Waals surface area contributed by atoms with Crippen molar-refractivity contribution >= 4 is 65.2 Å². The Labute approximate surface area is 325 Å². The lowest BCUT2D eigenvalue weighted by Crippen LogP contribution is -2.57. The quantitative estimate of drug-likeness (QED) is 0.0328. The number of hydrogen-bond donors (Lipinski definition) is 8. The molecule has 0 heterocycles. The molecule has 0 saturated heterocycles. The Hall–Kier alpha value is -5.59. The highest BCUT2D eigenvalue weighted by Crippen LogP contribution is 2.08. The van der Waals surface area contributed by atoms with Crippen LogP contribution in [0.25, 0.3) is 0 Å². The predicted octanol–water partition coefficient (Wildman–Crippen LogP) is -0.491. The van der Waals surface area contributed by atoms with Gasteiger partial charge in [0.25, 0.3) is 0 Å². The Kier molecular flexibility index (Phi) is 22.4. The molecule has 0 bridgehead atoms. The van der Waals surface area contributed by atoms with E-state index in [9.17, 15) is 33.6 Å². The van der Waals surface area contributed by atoms with Crippen LogP contribution in [-0.4, -0.2) is 124 Å². The largest absolute Gasteiger partial charge is 0.377 e. The van der Waals surface area contributed by atoms with Crippen LogP contribution in [0.3, 0.4) is 0 Å². The minimum absolute atomic E-state index is 0.0373. The van der Waals surface area contributed by atoms with Crippen molar-refractivity contribution in [2.24, 2.45) is 0 Å². The van der Waals surface area contributed by atoms with Crippen molar-refractivity contribution in [2.45, 2.75) is 50.7 Å². The summed E-state index contributed by atoms with van der Waals surface area (Å²) in [6.45, 7) is 2.58. The first-order chi connectivity index (χ1) is 26.5. The van der Waals surface area contributed by atoms with Gasteiger partial charge in [-0.15, -0.1) is 0 Å². The topological polar surface area (TPSA) is 246 Å². The number of urea groups is 1. The van der Waals surface area contributed by atoms with Crippen molar-refractivity contribution in [1.29, 1.82) is 5.41 Å². The van der Waals surface area contributed by atoms with E-state index in [1.807, 2.05) is 0 Å². The van der Waals surface area contributed by atoms with Gasteiger partial charge in [-0.05, 0) is 22.9 Å². The Morgan fingerprint density at radius 1 is 0.673 bits per heavy atom. The van der Waals surface area contributed by atoms with Gasteiger partial charge in [-0.3, -0.25) is 28.8 Å². The van der Waals surface area contributed by atoms with Crippen LogP contribution in [0.5, 0.6) is 0 Å². The highest BCUT2D eigenvalue weighted by molar-refractivity contribution is 7.79. The van der Waals surface area contributed by atoms with Gasteiger partial charge >= 0.3 is 6.03 Å². The fourth-order valence-electron chi connectivity index (χ4n) is 4.91. The van der Waals surface area contributed by atoms with Crippen molar-refractivity contribution in [3.63, 3.8) is 0 Å². The van der Waals surface area contributed by atoms with E-state index in [-0.39, 0.29) is 71.2 Å². The third kappa shape index (κ3) is 20.4. The third-order valence-electron chi connectivity index (χ3n) is 7.61. The molecular formula is C37H50N8O9S. The monoisotopic (exact) mass is 782 g/mol. The lowest BCUT2D eigenvalue weighted by molar-refractivity contribution is -0.134. The molecule has 0 aromatic heterocycles. The summed E-state index contributed by atoms with van der Waals surface area (Å²) in [6.07, 6.45) is 0.337. The second kappa shape index (κ2) is 27.1. The van der Waals surface area contributed by atoms with E-state index in [0.717, 1.165) is 5.56 Å². The van der Waals surface area contributed by atoms with Crippen molar-refractivity contribution in [1.82, 2.24) is 37.2 Å². The maximum absolute atomic E-state index is 13.7. The molecule has 0 aliphatic carbocycles. The zero-order valence-corrected chi connectivity index (χ0v) is 31.5. The van der Waals surface area contributed by atoms with E-state index in [1.54, 1.807) is 60.7 Å². The number of amides is 7. The molecule has 0 unspecified atom stereocenters. The molecule has 55 heavy (non-hydrogen) atoms. The average Bonchev–Trinajstić information content (AvgIpc) is 3.18. The van der Waals surface area contributed by atoms with Crippen LogP contribution in [0.4, 0.5) is 4.79 Å². The van der Waals surface area contributed by atoms with Crippen molar-refractivity contribution in [3.8, 4) is 0 Å². The van der Waals surface area contributed by atoms with E-state index < -0.39 is 60.0 Å². The molecule has 298 valence electrons. The molecule has 0 spiro atoms. The number of Topliss-reactive ketones (excluding diaryl/α,β-unsaturated/α-hetero) is 1. The number of ketones is 1. The maximum Gasteiger partial charge on any atom is 0.315 e. The van der Waals surface area contributed by atoms with Crippen molar-refractivity contribution < 1.29 is 43.0 Å². The molecule has 0 aliphatic rings.